The number of benzene rings is 1. The van der Waals surface area contributed by atoms with Crippen molar-refractivity contribution in [1.29, 1.82) is 0 Å². The van der Waals surface area contributed by atoms with Gasteiger partial charge in [0.05, 0.1) is 0 Å². The molecule has 0 radical (unpaired) electrons. The van der Waals surface area contributed by atoms with E-state index in [1.54, 1.807) is 6.20 Å². The third-order valence-electron chi connectivity index (χ3n) is 1.37. The van der Waals surface area contributed by atoms with Gasteiger partial charge in [-0.2, -0.15) is 0 Å². The molecule has 0 spiro atoms. The van der Waals surface area contributed by atoms with E-state index >= 15 is 0 Å². The first kappa shape index (κ1) is 13.2. The van der Waals surface area contributed by atoms with Gasteiger partial charge in [0.15, 0.2) is 0 Å². The van der Waals surface area contributed by atoms with Crippen molar-refractivity contribution in [2.45, 2.75) is 13.8 Å². The Morgan fingerprint density at radius 3 is 2.54 bits per heavy atom. The van der Waals surface area contributed by atoms with Gasteiger partial charge in [0, 0.05) is 6.33 Å². The number of fused-ring (bicyclic) bond motifs is 1. The number of rotatable bonds is 0. The third-order valence-corrected chi connectivity index (χ3v) is 1.37. The van der Waals surface area contributed by atoms with Crippen LogP contribution in [0.5, 0.6) is 0 Å². The minimum absolute atomic E-state index is 0. The van der Waals surface area contributed by atoms with Gasteiger partial charge in [0.1, 0.15) is 0 Å². The molecule has 0 saturated heterocycles. The molecule has 2 rings (SSSR count). The summed E-state index contributed by atoms with van der Waals surface area (Å²) in [5.74, 6) is 0. The van der Waals surface area contributed by atoms with E-state index in [1.807, 2.05) is 38.1 Å². The average Bonchev–Trinajstić information content (AvgIpc) is 2.21. The normalized spacial score (nSPS) is 8.15. The Balaban J connectivity index is 0.000000451. The molecule has 13 heavy (non-hydrogen) atoms. The van der Waals surface area contributed by atoms with E-state index in [-0.39, 0.29) is 51.4 Å². The van der Waals surface area contributed by atoms with Crippen LogP contribution in [0, 0.1) is 6.33 Å². The van der Waals surface area contributed by atoms with Crippen molar-refractivity contribution in [3.05, 3.63) is 36.8 Å². The standard InChI is InChI=1S/C8H5N2.C2H6.K/c1-2-4-8-7(3-1)5-9-6-10-8;1-2;/h1-5H;1-2H3;/q-1;;+1. The van der Waals surface area contributed by atoms with Crippen LogP contribution in [0.25, 0.3) is 10.9 Å². The maximum Gasteiger partial charge on any atom is 1.00 e. The first-order valence-electron chi connectivity index (χ1n) is 4.05. The zero-order valence-corrected chi connectivity index (χ0v) is 11.4. The van der Waals surface area contributed by atoms with Crippen molar-refractivity contribution < 1.29 is 51.4 Å². The molecule has 3 heteroatoms. The van der Waals surface area contributed by atoms with Gasteiger partial charge in [-0.15, -0.1) is 0 Å². The molecule has 0 atom stereocenters. The summed E-state index contributed by atoms with van der Waals surface area (Å²) in [5, 5.41) is 1.06. The Morgan fingerprint density at radius 1 is 1.15 bits per heavy atom. The van der Waals surface area contributed by atoms with Crippen molar-refractivity contribution in [2.24, 2.45) is 0 Å². The van der Waals surface area contributed by atoms with E-state index in [4.69, 9.17) is 0 Å². The van der Waals surface area contributed by atoms with E-state index < -0.39 is 0 Å². The number of aromatic nitrogens is 2. The summed E-state index contributed by atoms with van der Waals surface area (Å²) in [4.78, 5) is 7.72. The maximum absolute atomic E-state index is 3.95. The Kier molecular flexibility index (Phi) is 7.70. The van der Waals surface area contributed by atoms with Crippen LogP contribution in [0.15, 0.2) is 30.5 Å². The van der Waals surface area contributed by atoms with Gasteiger partial charge in [0.2, 0.25) is 0 Å². The van der Waals surface area contributed by atoms with Gasteiger partial charge in [-0.1, -0.05) is 49.7 Å². The maximum atomic E-state index is 3.95. The summed E-state index contributed by atoms with van der Waals surface area (Å²) in [6, 6.07) is 7.82. The second-order valence-corrected chi connectivity index (χ2v) is 2.03. The molecule has 0 fully saturated rings. The van der Waals surface area contributed by atoms with Crippen LogP contribution < -0.4 is 51.4 Å². The average molecular weight is 198 g/mol. The summed E-state index contributed by atoms with van der Waals surface area (Å²) >= 11 is 0. The van der Waals surface area contributed by atoms with Crippen molar-refractivity contribution in [1.82, 2.24) is 9.97 Å². The zero-order chi connectivity index (χ0) is 8.81. The number of nitrogens with zero attached hydrogens (tertiary/aromatic N) is 2. The van der Waals surface area contributed by atoms with Gasteiger partial charge in [0.25, 0.3) is 0 Å². The van der Waals surface area contributed by atoms with Crippen molar-refractivity contribution in [3.63, 3.8) is 0 Å². The van der Waals surface area contributed by atoms with E-state index in [9.17, 15) is 0 Å². The second-order valence-electron chi connectivity index (χ2n) is 2.03. The van der Waals surface area contributed by atoms with Gasteiger partial charge < -0.3 is 9.97 Å². The molecule has 0 unspecified atom stereocenters. The molecule has 0 aliphatic carbocycles. The topological polar surface area (TPSA) is 25.8 Å². The Labute approximate surface area is 121 Å². The van der Waals surface area contributed by atoms with Crippen molar-refractivity contribution in [2.75, 3.05) is 0 Å². The first-order chi connectivity index (χ1) is 5.97. The molecule has 0 aliphatic heterocycles. The smallest absolute Gasteiger partial charge is 0.374 e. The number of hydrogen-bond donors (Lipinski definition) is 0. The van der Waals surface area contributed by atoms with E-state index in [1.165, 1.54) is 0 Å². The van der Waals surface area contributed by atoms with E-state index in [2.05, 4.69) is 16.3 Å². The predicted molar refractivity (Wildman–Crippen MR) is 49.7 cm³/mol. The molecular weight excluding hydrogens is 187 g/mol. The van der Waals surface area contributed by atoms with Crippen LogP contribution in [0.2, 0.25) is 0 Å². The van der Waals surface area contributed by atoms with Gasteiger partial charge >= 0.3 is 51.4 Å². The monoisotopic (exact) mass is 198 g/mol. The Morgan fingerprint density at radius 2 is 1.85 bits per heavy atom. The minimum Gasteiger partial charge on any atom is -0.374 e. The fraction of sp³-hybridized carbons (Fsp3) is 0.200. The summed E-state index contributed by atoms with van der Waals surface area (Å²) in [7, 11) is 0. The molecule has 0 N–H and O–H groups in total. The molecular formula is C10H11KN2. The number of hydrogen-bond acceptors (Lipinski definition) is 2. The largest absolute Gasteiger partial charge is 1.00 e. The van der Waals surface area contributed by atoms with Crippen LogP contribution >= 0.6 is 0 Å². The quantitative estimate of drug-likeness (QED) is 0.420. The fourth-order valence-electron chi connectivity index (χ4n) is 0.880. The molecule has 1 aromatic carbocycles. The molecule has 0 bridgehead atoms. The van der Waals surface area contributed by atoms with Crippen LogP contribution in [0.4, 0.5) is 0 Å². The molecule has 0 amide bonds. The van der Waals surface area contributed by atoms with Gasteiger partial charge in [-0.3, -0.25) is 0 Å². The van der Waals surface area contributed by atoms with E-state index in [0.29, 0.717) is 0 Å². The Bertz CT molecular complexity index is 284. The first-order valence-corrected chi connectivity index (χ1v) is 4.05. The van der Waals surface area contributed by atoms with Crippen molar-refractivity contribution in [3.8, 4) is 0 Å². The van der Waals surface area contributed by atoms with Crippen LogP contribution in [-0.2, 0) is 0 Å². The van der Waals surface area contributed by atoms with Crippen LogP contribution in [0.1, 0.15) is 13.8 Å². The van der Waals surface area contributed by atoms with Gasteiger partial charge in [-0.25, -0.2) is 0 Å². The number of para-hydroxylation sites is 1. The molecule has 62 valence electrons. The second kappa shape index (κ2) is 7.59. The SMILES string of the molecule is CC.[K+].[c-]1ncc2ccccc2n1. The summed E-state index contributed by atoms with van der Waals surface area (Å²) in [6.07, 6.45) is 4.29. The zero-order valence-electron chi connectivity index (χ0n) is 8.28. The summed E-state index contributed by atoms with van der Waals surface area (Å²) in [5.41, 5.74) is 0.942. The van der Waals surface area contributed by atoms with E-state index in [0.717, 1.165) is 10.9 Å². The predicted octanol–water partition coefficient (Wildman–Crippen LogP) is -0.540. The molecule has 1 aromatic heterocycles. The van der Waals surface area contributed by atoms with Crippen molar-refractivity contribution >= 4 is 10.9 Å². The minimum atomic E-state index is 0. The Hall–Kier alpha value is 0.196. The van der Waals surface area contributed by atoms with Crippen LogP contribution in [-0.4, -0.2) is 9.97 Å². The summed E-state index contributed by atoms with van der Waals surface area (Å²) < 4.78 is 0. The molecule has 0 saturated carbocycles. The molecule has 1 heterocycles. The molecule has 0 aliphatic rings. The fourth-order valence-corrected chi connectivity index (χ4v) is 0.880. The molecule has 2 nitrogen and oxygen atoms in total. The molecule has 2 aromatic rings. The summed E-state index contributed by atoms with van der Waals surface area (Å²) in [6.45, 7) is 4.00. The van der Waals surface area contributed by atoms with Gasteiger partial charge in [-0.05, 0) is 5.52 Å². The van der Waals surface area contributed by atoms with Crippen LogP contribution in [0.3, 0.4) is 0 Å². The third kappa shape index (κ3) is 3.83.